The second-order valence-electron chi connectivity index (χ2n) is 3.83. The first-order valence-corrected chi connectivity index (χ1v) is 7.32. The molecule has 1 rings (SSSR count). The molecular formula is C12H20O4Si. The van der Waals surface area contributed by atoms with Crippen LogP contribution in [0.15, 0.2) is 18.2 Å². The summed E-state index contributed by atoms with van der Waals surface area (Å²) < 4.78 is 21.5. The zero-order chi connectivity index (χ0) is 12.9. The molecule has 0 aliphatic carbocycles. The number of benzene rings is 1. The Hall–Kier alpha value is -0.883. The molecule has 1 aromatic rings. The van der Waals surface area contributed by atoms with Gasteiger partial charge in [-0.15, -0.1) is 0 Å². The molecule has 5 heteroatoms. The SMILES string of the molecule is COc1cc(C)cc(C[Si](OC)(OC)OC)c1. The van der Waals surface area contributed by atoms with Crippen LogP contribution in [0.1, 0.15) is 11.1 Å². The Balaban J connectivity index is 2.96. The molecule has 17 heavy (non-hydrogen) atoms. The van der Waals surface area contributed by atoms with Crippen LogP contribution >= 0.6 is 0 Å². The van der Waals surface area contributed by atoms with Crippen molar-refractivity contribution in [2.75, 3.05) is 28.4 Å². The molecule has 0 radical (unpaired) electrons. The first-order chi connectivity index (χ1) is 8.09. The predicted molar refractivity (Wildman–Crippen MR) is 68.2 cm³/mol. The number of aryl methyl sites for hydroxylation is 1. The van der Waals surface area contributed by atoms with Crippen LogP contribution in [0.2, 0.25) is 0 Å². The zero-order valence-electron chi connectivity index (χ0n) is 11.1. The highest BCUT2D eigenvalue weighted by Gasteiger charge is 2.38. The van der Waals surface area contributed by atoms with Crippen molar-refractivity contribution in [1.29, 1.82) is 0 Å². The molecule has 0 aliphatic rings. The van der Waals surface area contributed by atoms with Gasteiger partial charge in [-0.05, 0) is 30.2 Å². The van der Waals surface area contributed by atoms with E-state index in [-0.39, 0.29) is 0 Å². The minimum Gasteiger partial charge on any atom is -0.497 e. The summed E-state index contributed by atoms with van der Waals surface area (Å²) in [5, 5.41) is 0. The number of methoxy groups -OCH3 is 1. The second-order valence-corrected chi connectivity index (χ2v) is 6.77. The van der Waals surface area contributed by atoms with Gasteiger partial charge < -0.3 is 18.0 Å². The van der Waals surface area contributed by atoms with E-state index >= 15 is 0 Å². The molecule has 4 nitrogen and oxygen atoms in total. The maximum Gasteiger partial charge on any atom is 0.504 e. The van der Waals surface area contributed by atoms with Crippen molar-refractivity contribution in [3.8, 4) is 5.75 Å². The number of ether oxygens (including phenoxy) is 1. The zero-order valence-corrected chi connectivity index (χ0v) is 12.1. The van der Waals surface area contributed by atoms with Gasteiger partial charge >= 0.3 is 8.80 Å². The Morgan fingerprint density at radius 3 is 2.00 bits per heavy atom. The lowest BCUT2D eigenvalue weighted by atomic mass is 10.1. The molecule has 0 aliphatic heterocycles. The second kappa shape index (κ2) is 6.16. The summed E-state index contributed by atoms with van der Waals surface area (Å²) >= 11 is 0. The molecule has 0 bridgehead atoms. The van der Waals surface area contributed by atoms with Gasteiger partial charge in [-0.1, -0.05) is 6.07 Å². The Kier molecular flexibility index (Phi) is 5.14. The van der Waals surface area contributed by atoms with Gasteiger partial charge in [-0.25, -0.2) is 0 Å². The average Bonchev–Trinajstić information content (AvgIpc) is 2.35. The summed E-state index contributed by atoms with van der Waals surface area (Å²) in [4.78, 5) is 0. The van der Waals surface area contributed by atoms with Crippen molar-refractivity contribution < 1.29 is 18.0 Å². The van der Waals surface area contributed by atoms with Crippen LogP contribution < -0.4 is 4.74 Å². The van der Waals surface area contributed by atoms with E-state index in [2.05, 4.69) is 6.07 Å². The van der Waals surface area contributed by atoms with Crippen LogP contribution in [0, 0.1) is 6.92 Å². The van der Waals surface area contributed by atoms with Crippen LogP contribution in [0.4, 0.5) is 0 Å². The summed E-state index contributed by atoms with van der Waals surface area (Å²) in [5.74, 6) is 0.839. The van der Waals surface area contributed by atoms with Gasteiger partial charge in [0.25, 0.3) is 0 Å². The normalized spacial score (nSPS) is 11.6. The molecule has 0 fully saturated rings. The Morgan fingerprint density at radius 1 is 0.941 bits per heavy atom. The van der Waals surface area contributed by atoms with Crippen molar-refractivity contribution >= 4 is 8.80 Å². The van der Waals surface area contributed by atoms with E-state index in [0.717, 1.165) is 16.9 Å². The molecule has 1 aromatic carbocycles. The Bertz CT molecular complexity index is 355. The maximum absolute atomic E-state index is 5.41. The summed E-state index contributed by atoms with van der Waals surface area (Å²) in [5.41, 5.74) is 2.24. The third-order valence-electron chi connectivity index (χ3n) is 2.70. The average molecular weight is 256 g/mol. The highest BCUT2D eigenvalue weighted by molar-refractivity contribution is 6.60. The van der Waals surface area contributed by atoms with Crippen LogP contribution in [-0.2, 0) is 19.3 Å². The van der Waals surface area contributed by atoms with Crippen LogP contribution in [-0.4, -0.2) is 37.2 Å². The summed E-state index contributed by atoms with van der Waals surface area (Å²) in [7, 11) is 3.94. The van der Waals surface area contributed by atoms with Crippen molar-refractivity contribution in [3.63, 3.8) is 0 Å². The quantitative estimate of drug-likeness (QED) is 0.729. The summed E-state index contributed by atoms with van der Waals surface area (Å²) in [6.45, 7) is 2.03. The monoisotopic (exact) mass is 256 g/mol. The van der Waals surface area contributed by atoms with Crippen LogP contribution in [0.3, 0.4) is 0 Å². The first-order valence-electron chi connectivity index (χ1n) is 5.39. The van der Waals surface area contributed by atoms with Gasteiger partial charge in [0.2, 0.25) is 0 Å². The van der Waals surface area contributed by atoms with Gasteiger partial charge in [0.1, 0.15) is 5.75 Å². The molecule has 0 unspecified atom stereocenters. The largest absolute Gasteiger partial charge is 0.504 e. The minimum atomic E-state index is -2.57. The van der Waals surface area contributed by atoms with E-state index in [9.17, 15) is 0 Å². The van der Waals surface area contributed by atoms with E-state index in [1.54, 1.807) is 28.4 Å². The van der Waals surface area contributed by atoms with E-state index in [4.69, 9.17) is 18.0 Å². The standard InChI is InChI=1S/C12H20O4Si/c1-10-6-11(8-12(7-10)13-2)9-17(14-3,15-4)16-5/h6-8H,9H2,1-5H3. The fraction of sp³-hybridized carbons (Fsp3) is 0.500. The molecule has 0 heterocycles. The fourth-order valence-corrected chi connectivity index (χ4v) is 3.40. The molecule has 0 aromatic heterocycles. The van der Waals surface area contributed by atoms with Crippen molar-refractivity contribution in [1.82, 2.24) is 0 Å². The lowest BCUT2D eigenvalue weighted by Crippen LogP contribution is -2.45. The number of rotatable bonds is 6. The van der Waals surface area contributed by atoms with Gasteiger partial charge in [0.05, 0.1) is 7.11 Å². The van der Waals surface area contributed by atoms with Gasteiger partial charge in [0.15, 0.2) is 0 Å². The highest BCUT2D eigenvalue weighted by atomic mass is 28.4. The highest BCUT2D eigenvalue weighted by Crippen LogP contribution is 2.21. The smallest absolute Gasteiger partial charge is 0.497 e. The third-order valence-corrected chi connectivity index (χ3v) is 5.41. The number of hydrogen-bond acceptors (Lipinski definition) is 4. The summed E-state index contributed by atoms with van der Waals surface area (Å²) in [6, 6.07) is 6.68. The first kappa shape index (κ1) is 14.2. The molecule has 0 spiro atoms. The van der Waals surface area contributed by atoms with E-state index < -0.39 is 8.80 Å². The molecule has 96 valence electrons. The third kappa shape index (κ3) is 3.54. The van der Waals surface area contributed by atoms with E-state index in [1.807, 2.05) is 19.1 Å². The van der Waals surface area contributed by atoms with Gasteiger partial charge in [-0.3, -0.25) is 0 Å². The maximum atomic E-state index is 5.41. The fourth-order valence-electron chi connectivity index (χ4n) is 1.76. The van der Waals surface area contributed by atoms with Crippen molar-refractivity contribution in [3.05, 3.63) is 29.3 Å². The van der Waals surface area contributed by atoms with Crippen molar-refractivity contribution in [2.45, 2.75) is 13.0 Å². The topological polar surface area (TPSA) is 36.9 Å². The molecule has 0 amide bonds. The molecule has 0 atom stereocenters. The van der Waals surface area contributed by atoms with Crippen LogP contribution in [0.5, 0.6) is 5.75 Å². The van der Waals surface area contributed by atoms with Gasteiger partial charge in [0, 0.05) is 27.4 Å². The van der Waals surface area contributed by atoms with E-state index in [1.165, 1.54) is 0 Å². The van der Waals surface area contributed by atoms with Gasteiger partial charge in [-0.2, -0.15) is 0 Å². The molecular weight excluding hydrogens is 236 g/mol. The minimum absolute atomic E-state index is 0.633. The molecule has 0 saturated heterocycles. The Labute approximate surface area is 104 Å². The summed E-state index contributed by atoms with van der Waals surface area (Å²) in [6.07, 6.45) is 0. The van der Waals surface area contributed by atoms with Crippen LogP contribution in [0.25, 0.3) is 0 Å². The van der Waals surface area contributed by atoms with Crippen molar-refractivity contribution in [2.24, 2.45) is 0 Å². The lowest BCUT2D eigenvalue weighted by Gasteiger charge is -2.24. The molecule has 0 saturated carbocycles. The van der Waals surface area contributed by atoms with E-state index in [0.29, 0.717) is 6.04 Å². The number of hydrogen-bond donors (Lipinski definition) is 0. The Morgan fingerprint density at radius 2 is 1.53 bits per heavy atom. The lowest BCUT2D eigenvalue weighted by molar-refractivity contribution is 0.122. The predicted octanol–water partition coefficient (Wildman–Crippen LogP) is 1.96. The molecule has 0 N–H and O–H groups in total.